The molecule has 1 aromatic rings. The highest BCUT2D eigenvalue weighted by atomic mass is 127. The Hall–Kier alpha value is 0.420. The lowest BCUT2D eigenvalue weighted by molar-refractivity contribution is 0.451. The van der Waals surface area contributed by atoms with E-state index in [4.69, 9.17) is 0 Å². The van der Waals surface area contributed by atoms with Crippen molar-refractivity contribution in [3.63, 3.8) is 0 Å². The van der Waals surface area contributed by atoms with Crippen molar-refractivity contribution in [2.75, 3.05) is 5.33 Å². The smallest absolute Gasteiger partial charge is 0.0623 e. The zero-order valence-electron chi connectivity index (χ0n) is 7.71. The second-order valence-corrected chi connectivity index (χ2v) is 5.33. The average molecular weight is 357 g/mol. The molecule has 0 aliphatic carbocycles. The fourth-order valence-electron chi connectivity index (χ4n) is 1.14. The second-order valence-electron chi connectivity index (χ2n) is 3.29. The number of alkyl halides is 1. The molecule has 0 amide bonds. The van der Waals surface area contributed by atoms with Crippen LogP contribution in [0.1, 0.15) is 19.8 Å². The molecule has 0 aliphatic rings. The summed E-state index contributed by atoms with van der Waals surface area (Å²) in [6.45, 7) is 3.33. The molecule has 0 saturated heterocycles. The number of hydrogen-bond donors (Lipinski definition) is 0. The van der Waals surface area contributed by atoms with Crippen LogP contribution in [0.2, 0.25) is 0 Å². The van der Waals surface area contributed by atoms with Gasteiger partial charge in [-0.15, -0.1) is 0 Å². The molecule has 13 heavy (non-hydrogen) atoms. The maximum Gasteiger partial charge on any atom is 0.0623 e. The van der Waals surface area contributed by atoms with Gasteiger partial charge in [0.25, 0.3) is 0 Å². The molecule has 0 N–H and O–H groups in total. The van der Waals surface area contributed by atoms with Crippen LogP contribution in [0.5, 0.6) is 0 Å². The summed E-state index contributed by atoms with van der Waals surface area (Å²) in [6.07, 6.45) is 6.44. The quantitative estimate of drug-likeness (QED) is 0.584. The Bertz CT molecular complexity index is 250. The fraction of sp³-hybridized carbons (Fsp3) is 0.667. The highest BCUT2D eigenvalue weighted by molar-refractivity contribution is 14.1. The molecule has 4 heteroatoms. The van der Waals surface area contributed by atoms with E-state index in [-0.39, 0.29) is 0 Å². The number of rotatable bonds is 5. The van der Waals surface area contributed by atoms with Gasteiger partial charge in [-0.25, -0.2) is 0 Å². The van der Waals surface area contributed by atoms with Crippen LogP contribution in [0.4, 0.5) is 0 Å². The molecule has 0 aromatic carbocycles. The van der Waals surface area contributed by atoms with Gasteiger partial charge in [-0.05, 0) is 41.4 Å². The van der Waals surface area contributed by atoms with Gasteiger partial charge in [-0.3, -0.25) is 4.68 Å². The number of aryl methyl sites for hydroxylation is 1. The zero-order chi connectivity index (χ0) is 9.68. The van der Waals surface area contributed by atoms with Gasteiger partial charge >= 0.3 is 0 Å². The standard InChI is InChI=1S/C9H14BrIN2/c1-8(2-4-10)3-5-13-7-9(11)6-12-13/h6-8H,2-5H2,1H3. The minimum atomic E-state index is 0.779. The fourth-order valence-corrected chi connectivity index (χ4v) is 2.37. The third-order valence-corrected chi connectivity index (χ3v) is 3.07. The molecule has 1 heterocycles. The van der Waals surface area contributed by atoms with Crippen LogP contribution in [0.3, 0.4) is 0 Å². The Balaban J connectivity index is 2.26. The first-order valence-corrected chi connectivity index (χ1v) is 6.66. The van der Waals surface area contributed by atoms with Gasteiger partial charge in [0, 0.05) is 18.1 Å². The number of aromatic nitrogens is 2. The van der Waals surface area contributed by atoms with Gasteiger partial charge in [0.1, 0.15) is 0 Å². The Morgan fingerprint density at radius 3 is 2.92 bits per heavy atom. The summed E-state index contributed by atoms with van der Waals surface area (Å²) in [5.74, 6) is 0.779. The number of nitrogens with zero attached hydrogens (tertiary/aromatic N) is 2. The third-order valence-electron chi connectivity index (χ3n) is 2.05. The molecule has 0 radical (unpaired) electrons. The van der Waals surface area contributed by atoms with Crippen LogP contribution in [-0.4, -0.2) is 15.1 Å². The average Bonchev–Trinajstić information content (AvgIpc) is 2.49. The van der Waals surface area contributed by atoms with Crippen molar-refractivity contribution in [3.8, 4) is 0 Å². The van der Waals surface area contributed by atoms with Crippen LogP contribution < -0.4 is 0 Å². The Kier molecular flexibility index (Phi) is 5.31. The SMILES string of the molecule is CC(CCBr)CCn1cc(I)cn1. The molecule has 1 atom stereocenters. The van der Waals surface area contributed by atoms with E-state index in [1.165, 1.54) is 16.4 Å². The Morgan fingerprint density at radius 2 is 2.38 bits per heavy atom. The molecule has 1 aromatic heterocycles. The molecule has 1 rings (SSSR count). The van der Waals surface area contributed by atoms with Crippen molar-refractivity contribution >= 4 is 38.5 Å². The summed E-state index contributed by atoms with van der Waals surface area (Å²) in [5, 5.41) is 5.35. The number of halogens is 2. The Morgan fingerprint density at radius 1 is 1.62 bits per heavy atom. The van der Waals surface area contributed by atoms with E-state index in [1.807, 2.05) is 10.9 Å². The van der Waals surface area contributed by atoms with Gasteiger partial charge in [-0.2, -0.15) is 5.10 Å². The number of hydrogen-bond acceptors (Lipinski definition) is 1. The minimum absolute atomic E-state index is 0.779. The predicted octanol–water partition coefficient (Wildman–Crippen LogP) is 3.30. The van der Waals surface area contributed by atoms with Crippen molar-refractivity contribution < 1.29 is 0 Å². The molecule has 0 saturated carbocycles. The van der Waals surface area contributed by atoms with Gasteiger partial charge in [0.05, 0.1) is 9.77 Å². The van der Waals surface area contributed by atoms with Crippen molar-refractivity contribution in [3.05, 3.63) is 16.0 Å². The lowest BCUT2D eigenvalue weighted by atomic mass is 10.1. The van der Waals surface area contributed by atoms with E-state index in [0.29, 0.717) is 0 Å². The van der Waals surface area contributed by atoms with Crippen LogP contribution in [0.25, 0.3) is 0 Å². The van der Waals surface area contributed by atoms with Crippen molar-refractivity contribution in [2.24, 2.45) is 5.92 Å². The van der Waals surface area contributed by atoms with E-state index in [9.17, 15) is 0 Å². The lowest BCUT2D eigenvalue weighted by Crippen LogP contribution is -2.04. The molecule has 2 nitrogen and oxygen atoms in total. The largest absolute Gasteiger partial charge is 0.272 e. The predicted molar refractivity (Wildman–Crippen MR) is 67.1 cm³/mol. The van der Waals surface area contributed by atoms with Gasteiger partial charge < -0.3 is 0 Å². The van der Waals surface area contributed by atoms with E-state index < -0.39 is 0 Å². The van der Waals surface area contributed by atoms with Gasteiger partial charge in [0.2, 0.25) is 0 Å². The molecule has 0 bridgehead atoms. The van der Waals surface area contributed by atoms with Crippen LogP contribution in [0.15, 0.2) is 12.4 Å². The topological polar surface area (TPSA) is 17.8 Å². The van der Waals surface area contributed by atoms with Gasteiger partial charge in [-0.1, -0.05) is 22.9 Å². The molecular formula is C9H14BrIN2. The summed E-state index contributed by atoms with van der Waals surface area (Å²) in [6, 6.07) is 0. The highest BCUT2D eigenvalue weighted by Gasteiger charge is 2.01. The lowest BCUT2D eigenvalue weighted by Gasteiger charge is -2.08. The van der Waals surface area contributed by atoms with E-state index in [0.717, 1.165) is 17.8 Å². The van der Waals surface area contributed by atoms with Crippen molar-refractivity contribution in [1.29, 1.82) is 0 Å². The highest BCUT2D eigenvalue weighted by Crippen LogP contribution is 2.11. The molecule has 0 spiro atoms. The molecule has 1 unspecified atom stereocenters. The normalized spacial score (nSPS) is 13.2. The summed E-state index contributed by atoms with van der Waals surface area (Å²) in [5.41, 5.74) is 0. The summed E-state index contributed by atoms with van der Waals surface area (Å²) in [7, 11) is 0. The Labute approximate surface area is 101 Å². The van der Waals surface area contributed by atoms with Crippen LogP contribution >= 0.6 is 38.5 Å². The maximum atomic E-state index is 4.25. The molecular weight excluding hydrogens is 343 g/mol. The molecule has 0 aliphatic heterocycles. The van der Waals surface area contributed by atoms with E-state index in [1.54, 1.807) is 0 Å². The van der Waals surface area contributed by atoms with E-state index >= 15 is 0 Å². The van der Waals surface area contributed by atoms with Crippen LogP contribution in [0, 0.1) is 9.49 Å². The molecule has 74 valence electrons. The zero-order valence-corrected chi connectivity index (χ0v) is 11.5. The first-order valence-electron chi connectivity index (χ1n) is 4.46. The van der Waals surface area contributed by atoms with Crippen molar-refractivity contribution in [1.82, 2.24) is 9.78 Å². The monoisotopic (exact) mass is 356 g/mol. The van der Waals surface area contributed by atoms with Crippen molar-refractivity contribution in [2.45, 2.75) is 26.3 Å². The maximum absolute atomic E-state index is 4.25. The summed E-state index contributed by atoms with van der Waals surface area (Å²) >= 11 is 5.74. The minimum Gasteiger partial charge on any atom is -0.272 e. The van der Waals surface area contributed by atoms with Crippen LogP contribution in [-0.2, 0) is 6.54 Å². The summed E-state index contributed by atoms with van der Waals surface area (Å²) in [4.78, 5) is 0. The first-order chi connectivity index (χ1) is 6.22. The third kappa shape index (κ3) is 4.44. The molecule has 0 fully saturated rings. The first kappa shape index (κ1) is 11.5. The van der Waals surface area contributed by atoms with Gasteiger partial charge in [0.15, 0.2) is 0 Å². The van der Waals surface area contributed by atoms with E-state index in [2.05, 4.69) is 56.7 Å². The summed E-state index contributed by atoms with van der Waals surface area (Å²) < 4.78 is 3.23. The second kappa shape index (κ2) is 6.01.